The Balaban J connectivity index is 1.15. The van der Waals surface area contributed by atoms with Gasteiger partial charge in [0.05, 0.1) is 11.0 Å². The van der Waals surface area contributed by atoms with Crippen molar-refractivity contribution in [3.05, 3.63) is 84.7 Å². The Morgan fingerprint density at radius 2 is 1.57 bits per heavy atom. The molecule has 6 nitrogen and oxygen atoms in total. The second-order valence-corrected chi connectivity index (χ2v) is 6.83. The minimum absolute atomic E-state index is 0.0243. The van der Waals surface area contributed by atoms with Crippen LogP contribution in [0.25, 0.3) is 11.0 Å². The standard InChI is InChI=1S/C24H23N3O3/c28-24(25-16-6-11-23-26-21-9-4-5-10-22(21)27-23)17-29-18-12-14-20(15-13-18)30-19-7-2-1-3-8-19/h1-5,7-10,12-15H,6,11,16-17H2,(H,25,28)(H,26,27). The highest BCUT2D eigenvalue weighted by molar-refractivity contribution is 5.77. The van der Waals surface area contributed by atoms with Gasteiger partial charge in [0, 0.05) is 13.0 Å². The first kappa shape index (κ1) is 19.5. The quantitative estimate of drug-likeness (QED) is 0.405. The summed E-state index contributed by atoms with van der Waals surface area (Å²) in [6, 6.07) is 24.7. The Kier molecular flexibility index (Phi) is 6.25. The molecule has 2 N–H and O–H groups in total. The van der Waals surface area contributed by atoms with Crippen molar-refractivity contribution in [1.82, 2.24) is 15.3 Å². The van der Waals surface area contributed by atoms with E-state index in [1.54, 1.807) is 12.1 Å². The number of aryl methyl sites for hydroxylation is 1. The van der Waals surface area contributed by atoms with Crippen LogP contribution in [0.1, 0.15) is 12.2 Å². The molecule has 0 saturated heterocycles. The molecule has 0 spiro atoms. The first-order valence-corrected chi connectivity index (χ1v) is 9.92. The Bertz CT molecular complexity index is 1060. The number of carbonyl (C=O) groups is 1. The number of carbonyl (C=O) groups excluding carboxylic acids is 1. The molecule has 0 fully saturated rings. The zero-order chi connectivity index (χ0) is 20.6. The summed E-state index contributed by atoms with van der Waals surface area (Å²) in [5.41, 5.74) is 2.00. The molecular weight excluding hydrogens is 378 g/mol. The first-order chi connectivity index (χ1) is 14.8. The minimum Gasteiger partial charge on any atom is -0.484 e. The lowest BCUT2D eigenvalue weighted by atomic mass is 10.3. The Hall–Kier alpha value is -3.80. The van der Waals surface area contributed by atoms with E-state index < -0.39 is 0 Å². The largest absolute Gasteiger partial charge is 0.484 e. The zero-order valence-electron chi connectivity index (χ0n) is 16.5. The van der Waals surface area contributed by atoms with E-state index in [4.69, 9.17) is 9.47 Å². The molecule has 1 amide bonds. The Labute approximate surface area is 174 Å². The van der Waals surface area contributed by atoms with Gasteiger partial charge in [-0.15, -0.1) is 0 Å². The van der Waals surface area contributed by atoms with Gasteiger partial charge in [0.1, 0.15) is 23.1 Å². The van der Waals surface area contributed by atoms with Crippen LogP contribution in [0.3, 0.4) is 0 Å². The van der Waals surface area contributed by atoms with Crippen LogP contribution >= 0.6 is 0 Å². The molecule has 0 aliphatic carbocycles. The van der Waals surface area contributed by atoms with Gasteiger partial charge >= 0.3 is 0 Å². The van der Waals surface area contributed by atoms with Gasteiger partial charge < -0.3 is 19.8 Å². The van der Waals surface area contributed by atoms with E-state index in [1.165, 1.54) is 0 Å². The normalized spacial score (nSPS) is 10.7. The number of fused-ring (bicyclic) bond motifs is 1. The smallest absolute Gasteiger partial charge is 0.257 e. The fourth-order valence-corrected chi connectivity index (χ4v) is 3.04. The first-order valence-electron chi connectivity index (χ1n) is 9.92. The third-order valence-corrected chi connectivity index (χ3v) is 4.52. The van der Waals surface area contributed by atoms with E-state index in [1.807, 2.05) is 66.7 Å². The van der Waals surface area contributed by atoms with Gasteiger partial charge in [-0.2, -0.15) is 0 Å². The second kappa shape index (κ2) is 9.60. The van der Waals surface area contributed by atoms with Crippen LogP contribution < -0.4 is 14.8 Å². The van der Waals surface area contributed by atoms with E-state index in [2.05, 4.69) is 15.3 Å². The maximum absolute atomic E-state index is 12.0. The topological polar surface area (TPSA) is 76.2 Å². The highest BCUT2D eigenvalue weighted by atomic mass is 16.5. The number of aromatic nitrogens is 2. The van der Waals surface area contributed by atoms with Gasteiger partial charge in [0.25, 0.3) is 5.91 Å². The molecule has 30 heavy (non-hydrogen) atoms. The molecule has 1 heterocycles. The molecule has 0 atom stereocenters. The van der Waals surface area contributed by atoms with Crippen LogP contribution in [0.2, 0.25) is 0 Å². The monoisotopic (exact) mass is 401 g/mol. The summed E-state index contributed by atoms with van der Waals surface area (Å²) in [5, 5.41) is 2.87. The number of aromatic amines is 1. The fourth-order valence-electron chi connectivity index (χ4n) is 3.04. The predicted octanol–water partition coefficient (Wildman–Crippen LogP) is 4.48. The van der Waals surface area contributed by atoms with E-state index in [0.717, 1.165) is 35.4 Å². The van der Waals surface area contributed by atoms with Crippen molar-refractivity contribution < 1.29 is 14.3 Å². The van der Waals surface area contributed by atoms with E-state index in [9.17, 15) is 4.79 Å². The molecule has 3 aromatic carbocycles. The summed E-state index contributed by atoms with van der Waals surface area (Å²) in [6.07, 6.45) is 1.58. The molecule has 0 aliphatic rings. The van der Waals surface area contributed by atoms with Crippen LogP contribution in [0, 0.1) is 0 Å². The SMILES string of the molecule is O=C(COc1ccc(Oc2ccccc2)cc1)NCCCc1nc2ccccc2[nH]1. The van der Waals surface area contributed by atoms with Crippen molar-refractivity contribution >= 4 is 16.9 Å². The number of imidazole rings is 1. The van der Waals surface area contributed by atoms with Gasteiger partial charge in [-0.25, -0.2) is 4.98 Å². The van der Waals surface area contributed by atoms with E-state index >= 15 is 0 Å². The number of H-pyrrole nitrogens is 1. The maximum atomic E-state index is 12.0. The Morgan fingerprint density at radius 3 is 2.37 bits per heavy atom. The number of rotatable bonds is 9. The lowest BCUT2D eigenvalue weighted by Gasteiger charge is -2.09. The van der Waals surface area contributed by atoms with Crippen molar-refractivity contribution in [1.29, 1.82) is 0 Å². The van der Waals surface area contributed by atoms with Crippen LogP contribution in [0.15, 0.2) is 78.9 Å². The number of para-hydroxylation sites is 3. The van der Waals surface area contributed by atoms with Gasteiger partial charge in [0.2, 0.25) is 0 Å². The number of benzene rings is 3. The highest BCUT2D eigenvalue weighted by Crippen LogP contribution is 2.23. The Morgan fingerprint density at radius 1 is 0.867 bits per heavy atom. The third-order valence-electron chi connectivity index (χ3n) is 4.52. The van der Waals surface area contributed by atoms with Crippen molar-refractivity contribution in [2.45, 2.75) is 12.8 Å². The van der Waals surface area contributed by atoms with Crippen molar-refractivity contribution in [2.75, 3.05) is 13.2 Å². The van der Waals surface area contributed by atoms with Gasteiger partial charge in [-0.3, -0.25) is 4.79 Å². The number of hydrogen-bond donors (Lipinski definition) is 2. The number of ether oxygens (including phenoxy) is 2. The van der Waals surface area contributed by atoms with Crippen molar-refractivity contribution in [3.8, 4) is 17.2 Å². The number of hydrogen-bond acceptors (Lipinski definition) is 4. The number of amides is 1. The molecule has 6 heteroatoms. The van der Waals surface area contributed by atoms with Crippen LogP contribution in [0.5, 0.6) is 17.2 Å². The average molecular weight is 401 g/mol. The summed E-state index contributed by atoms with van der Waals surface area (Å²) < 4.78 is 11.3. The highest BCUT2D eigenvalue weighted by Gasteiger charge is 2.05. The molecule has 4 aromatic rings. The third kappa shape index (κ3) is 5.38. The zero-order valence-corrected chi connectivity index (χ0v) is 16.5. The molecule has 1 aromatic heterocycles. The van der Waals surface area contributed by atoms with E-state index in [0.29, 0.717) is 18.0 Å². The predicted molar refractivity (Wildman–Crippen MR) is 116 cm³/mol. The van der Waals surface area contributed by atoms with Crippen molar-refractivity contribution in [2.24, 2.45) is 0 Å². The van der Waals surface area contributed by atoms with Crippen LogP contribution in [-0.2, 0) is 11.2 Å². The van der Waals surface area contributed by atoms with Gasteiger partial charge in [-0.1, -0.05) is 30.3 Å². The molecular formula is C24H23N3O3. The summed E-state index contributed by atoms with van der Waals surface area (Å²) in [6.45, 7) is 0.548. The average Bonchev–Trinajstić information content (AvgIpc) is 3.20. The summed E-state index contributed by atoms with van der Waals surface area (Å²) in [7, 11) is 0. The maximum Gasteiger partial charge on any atom is 0.257 e. The van der Waals surface area contributed by atoms with Crippen LogP contribution in [-0.4, -0.2) is 29.0 Å². The van der Waals surface area contributed by atoms with Gasteiger partial charge in [-0.05, 0) is 55.0 Å². The van der Waals surface area contributed by atoms with E-state index in [-0.39, 0.29) is 12.5 Å². The summed E-state index contributed by atoms with van der Waals surface area (Å²) >= 11 is 0. The molecule has 0 radical (unpaired) electrons. The molecule has 152 valence electrons. The lowest BCUT2D eigenvalue weighted by Crippen LogP contribution is -2.29. The fraction of sp³-hybridized carbons (Fsp3) is 0.167. The molecule has 0 bridgehead atoms. The second-order valence-electron chi connectivity index (χ2n) is 6.83. The van der Waals surface area contributed by atoms with Crippen molar-refractivity contribution in [3.63, 3.8) is 0 Å². The summed E-state index contributed by atoms with van der Waals surface area (Å²) in [5.74, 6) is 2.88. The molecule has 4 rings (SSSR count). The van der Waals surface area contributed by atoms with Crippen LogP contribution in [0.4, 0.5) is 0 Å². The number of nitrogens with one attached hydrogen (secondary N) is 2. The molecule has 0 unspecified atom stereocenters. The summed E-state index contributed by atoms with van der Waals surface area (Å²) in [4.78, 5) is 19.8. The molecule has 0 aliphatic heterocycles. The minimum atomic E-state index is -0.149. The van der Waals surface area contributed by atoms with Gasteiger partial charge in [0.15, 0.2) is 6.61 Å². The number of nitrogens with zero attached hydrogens (tertiary/aromatic N) is 1. The lowest BCUT2D eigenvalue weighted by molar-refractivity contribution is -0.123. The molecule has 0 saturated carbocycles.